The molecule has 1 atom stereocenters. The predicted octanol–water partition coefficient (Wildman–Crippen LogP) is 5.63. The Kier molecular flexibility index (Phi) is 4.72. The Labute approximate surface area is 165 Å². The number of nitrogens with zero attached hydrogens (tertiary/aromatic N) is 1. The minimum absolute atomic E-state index is 0.00800. The lowest BCUT2D eigenvalue weighted by Crippen LogP contribution is -2.40. The minimum Gasteiger partial charge on any atom is -0.294 e. The minimum atomic E-state index is -0.172. The van der Waals surface area contributed by atoms with Crippen LogP contribution < -0.4 is 4.90 Å². The summed E-state index contributed by atoms with van der Waals surface area (Å²) in [5.74, 6) is -0.0128. The monoisotopic (exact) mass is 429 g/mol. The lowest BCUT2D eigenvalue weighted by molar-refractivity contribution is -0.119. The summed E-state index contributed by atoms with van der Waals surface area (Å²) < 4.78 is 0.980. The van der Waals surface area contributed by atoms with Crippen molar-refractivity contribution in [2.45, 2.75) is 31.6 Å². The normalized spacial score (nSPS) is 20.4. The topological polar surface area (TPSA) is 37.4 Å². The Morgan fingerprint density at radius 3 is 2.54 bits per heavy atom. The average Bonchev–Trinajstić information content (AvgIpc) is 2.62. The molecule has 0 radical (unpaired) electrons. The van der Waals surface area contributed by atoms with Gasteiger partial charge in [-0.05, 0) is 48.7 Å². The van der Waals surface area contributed by atoms with E-state index < -0.39 is 0 Å². The molecule has 0 aromatic heterocycles. The van der Waals surface area contributed by atoms with Crippen LogP contribution in [0.3, 0.4) is 0 Å². The number of hydrogen-bond acceptors (Lipinski definition) is 2. The highest BCUT2D eigenvalue weighted by Gasteiger charge is 2.39. The van der Waals surface area contributed by atoms with Crippen molar-refractivity contribution in [1.82, 2.24) is 0 Å². The summed E-state index contributed by atoms with van der Waals surface area (Å²) in [6.45, 7) is 0. The summed E-state index contributed by atoms with van der Waals surface area (Å²) in [5, 5.41) is 0.578. The van der Waals surface area contributed by atoms with Crippen LogP contribution in [-0.2, 0) is 9.59 Å². The van der Waals surface area contributed by atoms with Gasteiger partial charge in [0, 0.05) is 39.5 Å². The molecule has 0 N–H and O–H groups in total. The second kappa shape index (κ2) is 7.01. The number of Topliss-reactive ketones (excluding diaryl/α,β-unsaturated/α-hetero) is 1. The third-order valence-electron chi connectivity index (χ3n) is 5.01. The van der Waals surface area contributed by atoms with Gasteiger partial charge in [-0.25, -0.2) is 0 Å². The van der Waals surface area contributed by atoms with Crippen molar-refractivity contribution in [3.05, 3.63) is 74.9 Å². The van der Waals surface area contributed by atoms with Crippen LogP contribution in [0.15, 0.2) is 64.3 Å². The molecule has 1 aliphatic carbocycles. The summed E-state index contributed by atoms with van der Waals surface area (Å²) in [4.78, 5) is 27.5. The van der Waals surface area contributed by atoms with E-state index in [0.29, 0.717) is 17.9 Å². The van der Waals surface area contributed by atoms with E-state index in [4.69, 9.17) is 11.6 Å². The highest BCUT2D eigenvalue weighted by molar-refractivity contribution is 9.10. The zero-order chi connectivity index (χ0) is 18.3. The van der Waals surface area contributed by atoms with E-state index >= 15 is 0 Å². The predicted molar refractivity (Wildman–Crippen MR) is 106 cm³/mol. The maximum atomic E-state index is 13.0. The maximum absolute atomic E-state index is 13.0. The molecule has 2 aromatic carbocycles. The number of carbonyl (C=O) groups excluding carboxylic acids is 2. The van der Waals surface area contributed by atoms with E-state index in [1.54, 1.807) is 17.0 Å². The highest BCUT2D eigenvalue weighted by atomic mass is 79.9. The molecular formula is C21H17BrClNO2. The van der Waals surface area contributed by atoms with Gasteiger partial charge in [0.15, 0.2) is 5.78 Å². The molecule has 1 amide bonds. The zero-order valence-electron chi connectivity index (χ0n) is 14.0. The lowest BCUT2D eigenvalue weighted by Gasteiger charge is -2.38. The van der Waals surface area contributed by atoms with Crippen LogP contribution in [0.5, 0.6) is 0 Å². The van der Waals surface area contributed by atoms with Crippen molar-refractivity contribution in [3.63, 3.8) is 0 Å². The van der Waals surface area contributed by atoms with Gasteiger partial charge in [0.05, 0.1) is 5.69 Å². The molecule has 1 unspecified atom stereocenters. The first-order valence-corrected chi connectivity index (χ1v) is 9.82. The molecular weight excluding hydrogens is 414 g/mol. The van der Waals surface area contributed by atoms with Gasteiger partial charge in [0.25, 0.3) is 0 Å². The molecule has 132 valence electrons. The second-order valence-electron chi connectivity index (χ2n) is 6.65. The van der Waals surface area contributed by atoms with E-state index in [-0.39, 0.29) is 17.6 Å². The summed E-state index contributed by atoms with van der Waals surface area (Å²) in [7, 11) is 0. The van der Waals surface area contributed by atoms with E-state index in [1.807, 2.05) is 36.4 Å². The summed E-state index contributed by atoms with van der Waals surface area (Å²) >= 11 is 9.57. The first-order valence-electron chi connectivity index (χ1n) is 8.65. The van der Waals surface area contributed by atoms with Gasteiger partial charge in [-0.15, -0.1) is 0 Å². The number of amides is 1. The van der Waals surface area contributed by atoms with Crippen LogP contribution in [0.2, 0.25) is 5.02 Å². The maximum Gasteiger partial charge on any atom is 0.232 e. The van der Waals surface area contributed by atoms with Gasteiger partial charge in [-0.2, -0.15) is 0 Å². The van der Waals surface area contributed by atoms with Gasteiger partial charge in [0.2, 0.25) is 5.91 Å². The SMILES string of the molecule is O=C1CCCC2=C1C(c1ccc(Br)cc1)CC(=O)N2c1cccc(Cl)c1. The van der Waals surface area contributed by atoms with Crippen molar-refractivity contribution in [3.8, 4) is 0 Å². The smallest absolute Gasteiger partial charge is 0.232 e. The number of anilines is 1. The fourth-order valence-electron chi connectivity index (χ4n) is 3.89. The quantitative estimate of drug-likeness (QED) is 0.619. The summed E-state index contributed by atoms with van der Waals surface area (Å²) in [6, 6.07) is 15.2. The molecule has 0 saturated heterocycles. The molecule has 0 saturated carbocycles. The van der Waals surface area contributed by atoms with Gasteiger partial charge in [-0.1, -0.05) is 45.7 Å². The fourth-order valence-corrected chi connectivity index (χ4v) is 4.34. The number of halogens is 2. The van der Waals surface area contributed by atoms with Crippen molar-refractivity contribution >= 4 is 44.9 Å². The Hall–Kier alpha value is -1.91. The lowest BCUT2D eigenvalue weighted by atomic mass is 9.77. The third-order valence-corrected chi connectivity index (χ3v) is 5.78. The molecule has 2 aromatic rings. The first-order chi connectivity index (χ1) is 12.5. The molecule has 1 heterocycles. The number of hydrogen-bond donors (Lipinski definition) is 0. The largest absolute Gasteiger partial charge is 0.294 e. The van der Waals surface area contributed by atoms with E-state index in [1.165, 1.54) is 0 Å². The van der Waals surface area contributed by atoms with Gasteiger partial charge < -0.3 is 0 Å². The Bertz CT molecular complexity index is 920. The zero-order valence-corrected chi connectivity index (χ0v) is 16.4. The molecule has 5 heteroatoms. The van der Waals surface area contributed by atoms with E-state index in [0.717, 1.165) is 39.8 Å². The van der Waals surface area contributed by atoms with Crippen LogP contribution in [0.1, 0.15) is 37.2 Å². The van der Waals surface area contributed by atoms with Crippen LogP contribution in [-0.4, -0.2) is 11.7 Å². The molecule has 0 fully saturated rings. The molecule has 26 heavy (non-hydrogen) atoms. The second-order valence-corrected chi connectivity index (χ2v) is 8.01. The van der Waals surface area contributed by atoms with E-state index in [9.17, 15) is 9.59 Å². The molecule has 4 rings (SSSR count). The summed E-state index contributed by atoms with van der Waals surface area (Å²) in [6.07, 6.45) is 2.34. The molecule has 3 nitrogen and oxygen atoms in total. The van der Waals surface area contributed by atoms with Crippen molar-refractivity contribution in [1.29, 1.82) is 0 Å². The number of rotatable bonds is 2. The number of ketones is 1. The van der Waals surface area contributed by atoms with Gasteiger partial charge in [-0.3, -0.25) is 14.5 Å². The highest BCUT2D eigenvalue weighted by Crippen LogP contribution is 2.43. The van der Waals surface area contributed by atoms with E-state index in [2.05, 4.69) is 15.9 Å². The standard InChI is InChI=1S/C21H17BrClNO2/c22-14-9-7-13(8-10-14)17-12-20(26)24(16-4-1-3-15(23)11-16)18-5-2-6-19(25)21(17)18/h1,3-4,7-11,17H,2,5-6,12H2. The summed E-state index contributed by atoms with van der Waals surface area (Å²) in [5.41, 5.74) is 3.37. The fraction of sp³-hybridized carbons (Fsp3) is 0.238. The van der Waals surface area contributed by atoms with Gasteiger partial charge in [0.1, 0.15) is 0 Å². The molecule has 1 aliphatic heterocycles. The number of carbonyl (C=O) groups is 2. The van der Waals surface area contributed by atoms with Crippen LogP contribution in [0.25, 0.3) is 0 Å². The van der Waals surface area contributed by atoms with Crippen molar-refractivity contribution in [2.24, 2.45) is 0 Å². The van der Waals surface area contributed by atoms with Crippen LogP contribution in [0.4, 0.5) is 5.69 Å². The molecule has 2 aliphatic rings. The number of benzene rings is 2. The third kappa shape index (κ3) is 3.12. The van der Waals surface area contributed by atoms with Crippen molar-refractivity contribution < 1.29 is 9.59 Å². The average molecular weight is 431 g/mol. The Morgan fingerprint density at radius 2 is 1.81 bits per heavy atom. The molecule has 0 bridgehead atoms. The van der Waals surface area contributed by atoms with Crippen LogP contribution >= 0.6 is 27.5 Å². The Morgan fingerprint density at radius 1 is 1.04 bits per heavy atom. The first kappa shape index (κ1) is 17.5. The molecule has 0 spiro atoms. The number of allylic oxidation sites excluding steroid dienone is 2. The Balaban J connectivity index is 1.85. The van der Waals surface area contributed by atoms with Crippen LogP contribution in [0, 0.1) is 0 Å². The van der Waals surface area contributed by atoms with Crippen molar-refractivity contribution in [2.75, 3.05) is 4.90 Å². The van der Waals surface area contributed by atoms with Gasteiger partial charge >= 0.3 is 0 Å².